The summed E-state index contributed by atoms with van der Waals surface area (Å²) in [4.78, 5) is 22.5. The number of carbonyl (C=O) groups excluding carboxylic acids is 1. The van der Waals surface area contributed by atoms with E-state index in [1.807, 2.05) is 20.8 Å². The second-order valence-electron chi connectivity index (χ2n) is 6.84. The third-order valence-corrected chi connectivity index (χ3v) is 4.94. The van der Waals surface area contributed by atoms with Crippen LogP contribution in [-0.2, 0) is 4.74 Å². The van der Waals surface area contributed by atoms with E-state index in [9.17, 15) is 4.79 Å². The van der Waals surface area contributed by atoms with Crippen molar-refractivity contribution in [3.8, 4) is 0 Å². The molecule has 7 heteroatoms. The largest absolute Gasteiger partial charge is 0.444 e. The van der Waals surface area contributed by atoms with Crippen molar-refractivity contribution in [3.63, 3.8) is 0 Å². The van der Waals surface area contributed by atoms with Crippen LogP contribution in [0.15, 0.2) is 18.3 Å². The van der Waals surface area contributed by atoms with Crippen LogP contribution in [-0.4, -0.2) is 27.7 Å². The Labute approximate surface area is 150 Å². The van der Waals surface area contributed by atoms with Gasteiger partial charge in [-0.05, 0) is 51.7 Å². The quantitative estimate of drug-likeness (QED) is 0.829. The number of hydrogen-bond donors (Lipinski definition) is 1. The Balaban J connectivity index is 1.65. The molecule has 1 atom stereocenters. The van der Waals surface area contributed by atoms with Crippen molar-refractivity contribution in [2.24, 2.45) is 0 Å². The maximum atomic E-state index is 11.8. The maximum absolute atomic E-state index is 11.8. The van der Waals surface area contributed by atoms with E-state index in [4.69, 9.17) is 16.3 Å². The number of hydrogen-bond acceptors (Lipinski definition) is 5. The minimum absolute atomic E-state index is 0.115. The van der Waals surface area contributed by atoms with E-state index in [0.29, 0.717) is 5.15 Å². The summed E-state index contributed by atoms with van der Waals surface area (Å²) in [5, 5.41) is 3.35. The second-order valence-corrected chi connectivity index (χ2v) is 8.26. The number of thiophene rings is 1. The molecule has 0 bridgehead atoms. The van der Waals surface area contributed by atoms with Gasteiger partial charge in [-0.2, -0.15) is 0 Å². The van der Waals surface area contributed by atoms with Crippen molar-refractivity contribution in [2.75, 3.05) is 0 Å². The summed E-state index contributed by atoms with van der Waals surface area (Å²) in [6.07, 6.45) is 5.98. The van der Waals surface area contributed by atoms with Crippen molar-refractivity contribution in [2.45, 2.75) is 51.7 Å². The molecule has 24 heavy (non-hydrogen) atoms. The van der Waals surface area contributed by atoms with Gasteiger partial charge in [0.25, 0.3) is 0 Å². The molecule has 0 aromatic carbocycles. The summed E-state index contributed by atoms with van der Waals surface area (Å²) < 4.78 is 5.31. The Bertz CT molecular complexity index is 795. The molecular weight excluding hydrogens is 346 g/mol. The third-order valence-electron chi connectivity index (χ3n) is 3.66. The predicted octanol–water partition coefficient (Wildman–Crippen LogP) is 4.81. The number of amides is 1. The standard InChI is InChI=1S/C17H20ClN3O2S/c1-17(2,3)23-16(22)20-11-6-4-10(5-7-11)13-8-12-15(24-13)21-14(18)9-19-12/h4,8-9,11H,5-7H2,1-3H3,(H,20,22)/t11-/m0/s1. The zero-order valence-electron chi connectivity index (χ0n) is 13.9. The number of halogens is 1. The first-order valence-corrected chi connectivity index (χ1v) is 9.10. The van der Waals surface area contributed by atoms with Crippen molar-refractivity contribution in [1.29, 1.82) is 0 Å². The van der Waals surface area contributed by atoms with Gasteiger partial charge in [0.05, 0.1) is 6.20 Å². The van der Waals surface area contributed by atoms with E-state index in [1.54, 1.807) is 17.5 Å². The van der Waals surface area contributed by atoms with E-state index in [-0.39, 0.29) is 12.1 Å². The van der Waals surface area contributed by atoms with E-state index in [0.717, 1.165) is 29.6 Å². The van der Waals surface area contributed by atoms with Crippen molar-refractivity contribution in [1.82, 2.24) is 15.3 Å². The van der Waals surface area contributed by atoms with Gasteiger partial charge in [0.1, 0.15) is 21.1 Å². The number of nitrogens with one attached hydrogen (secondary N) is 1. The van der Waals surface area contributed by atoms with Crippen LogP contribution in [0.2, 0.25) is 5.15 Å². The average molecular weight is 366 g/mol. The summed E-state index contributed by atoms with van der Waals surface area (Å²) in [5.41, 5.74) is 1.67. The molecule has 2 aromatic rings. The highest BCUT2D eigenvalue weighted by Gasteiger charge is 2.22. The third kappa shape index (κ3) is 4.24. The summed E-state index contributed by atoms with van der Waals surface area (Å²) in [7, 11) is 0. The lowest BCUT2D eigenvalue weighted by Gasteiger charge is -2.25. The number of allylic oxidation sites excluding steroid dienone is 1. The lowest BCUT2D eigenvalue weighted by molar-refractivity contribution is 0.0502. The Morgan fingerprint density at radius 3 is 2.92 bits per heavy atom. The van der Waals surface area contributed by atoms with Gasteiger partial charge in [0, 0.05) is 10.9 Å². The number of rotatable bonds is 2. The van der Waals surface area contributed by atoms with Crippen LogP contribution < -0.4 is 5.32 Å². The van der Waals surface area contributed by atoms with Crippen LogP contribution in [0.25, 0.3) is 15.9 Å². The van der Waals surface area contributed by atoms with Gasteiger partial charge in [-0.25, -0.2) is 9.78 Å². The van der Waals surface area contributed by atoms with Crippen LogP contribution >= 0.6 is 22.9 Å². The van der Waals surface area contributed by atoms with E-state index < -0.39 is 5.60 Å². The van der Waals surface area contributed by atoms with Crippen molar-refractivity contribution in [3.05, 3.63) is 28.4 Å². The zero-order valence-corrected chi connectivity index (χ0v) is 15.5. The lowest BCUT2D eigenvalue weighted by Crippen LogP contribution is -2.39. The van der Waals surface area contributed by atoms with Crippen LogP contribution in [0.3, 0.4) is 0 Å². The molecule has 5 nitrogen and oxygen atoms in total. The Morgan fingerprint density at radius 2 is 2.25 bits per heavy atom. The molecule has 0 unspecified atom stereocenters. The molecule has 2 heterocycles. The summed E-state index contributed by atoms with van der Waals surface area (Å²) in [6, 6.07) is 2.17. The monoisotopic (exact) mass is 365 g/mol. The molecule has 0 radical (unpaired) electrons. The van der Waals surface area contributed by atoms with Gasteiger partial charge in [0.2, 0.25) is 0 Å². The number of alkyl carbamates (subject to hydrolysis) is 1. The molecule has 1 amide bonds. The zero-order chi connectivity index (χ0) is 17.3. The van der Waals surface area contributed by atoms with Crippen LogP contribution in [0, 0.1) is 0 Å². The fourth-order valence-corrected chi connectivity index (χ4v) is 3.85. The Hall–Kier alpha value is -1.66. The first-order chi connectivity index (χ1) is 11.3. The highest BCUT2D eigenvalue weighted by Crippen LogP contribution is 2.34. The number of carbonyl (C=O) groups is 1. The highest BCUT2D eigenvalue weighted by molar-refractivity contribution is 7.19. The van der Waals surface area contributed by atoms with E-state index in [1.165, 1.54) is 10.5 Å². The van der Waals surface area contributed by atoms with Gasteiger partial charge < -0.3 is 10.1 Å². The summed E-state index contributed by atoms with van der Waals surface area (Å²) in [5.74, 6) is 0. The molecule has 1 N–H and O–H groups in total. The molecular formula is C17H20ClN3O2S. The molecule has 0 spiro atoms. The lowest BCUT2D eigenvalue weighted by atomic mass is 9.94. The molecule has 128 valence electrons. The molecule has 0 saturated heterocycles. The molecule has 0 fully saturated rings. The van der Waals surface area contributed by atoms with Crippen LogP contribution in [0.5, 0.6) is 0 Å². The highest BCUT2D eigenvalue weighted by atomic mass is 35.5. The SMILES string of the molecule is CC(C)(C)OC(=O)N[C@H]1CC=C(c2cc3ncc(Cl)nc3s2)CC1. The fraction of sp³-hybridized carbons (Fsp3) is 0.471. The first-order valence-electron chi connectivity index (χ1n) is 7.91. The maximum Gasteiger partial charge on any atom is 0.407 e. The van der Waals surface area contributed by atoms with Crippen LogP contribution in [0.4, 0.5) is 4.79 Å². The molecule has 1 aliphatic rings. The molecule has 0 aliphatic heterocycles. The summed E-state index contributed by atoms with van der Waals surface area (Å²) >= 11 is 7.50. The number of aromatic nitrogens is 2. The molecule has 1 aliphatic carbocycles. The van der Waals surface area contributed by atoms with E-state index >= 15 is 0 Å². The minimum Gasteiger partial charge on any atom is -0.444 e. The smallest absolute Gasteiger partial charge is 0.407 e. The van der Waals surface area contributed by atoms with Gasteiger partial charge >= 0.3 is 6.09 Å². The molecule has 2 aromatic heterocycles. The topological polar surface area (TPSA) is 64.1 Å². The van der Waals surface area contributed by atoms with Gasteiger partial charge in [-0.1, -0.05) is 17.7 Å². The van der Waals surface area contributed by atoms with Crippen LogP contribution in [0.1, 0.15) is 44.9 Å². The first kappa shape index (κ1) is 17.2. The molecule has 3 rings (SSSR count). The second kappa shape index (κ2) is 6.69. The van der Waals surface area contributed by atoms with E-state index in [2.05, 4.69) is 27.4 Å². The predicted molar refractivity (Wildman–Crippen MR) is 97.4 cm³/mol. The number of fused-ring (bicyclic) bond motifs is 1. The normalized spacial score (nSPS) is 18.3. The average Bonchev–Trinajstić information content (AvgIpc) is 2.89. The fourth-order valence-electron chi connectivity index (χ4n) is 2.61. The van der Waals surface area contributed by atoms with Gasteiger partial charge in [0.15, 0.2) is 0 Å². The van der Waals surface area contributed by atoms with Gasteiger partial charge in [-0.15, -0.1) is 11.3 Å². The van der Waals surface area contributed by atoms with Crippen molar-refractivity contribution < 1.29 is 9.53 Å². The minimum atomic E-state index is -0.474. The molecule has 0 saturated carbocycles. The summed E-state index contributed by atoms with van der Waals surface area (Å²) in [6.45, 7) is 5.59. The van der Waals surface area contributed by atoms with Gasteiger partial charge in [-0.3, -0.25) is 4.98 Å². The Kier molecular flexibility index (Phi) is 4.78. The van der Waals surface area contributed by atoms with Crippen molar-refractivity contribution >= 4 is 45.0 Å². The Morgan fingerprint density at radius 1 is 1.46 bits per heavy atom. The number of ether oxygens (including phenoxy) is 1. The number of nitrogens with zero attached hydrogens (tertiary/aromatic N) is 2.